The van der Waals surface area contributed by atoms with Crippen molar-refractivity contribution in [2.45, 2.75) is 28.5 Å². The van der Waals surface area contributed by atoms with E-state index in [4.69, 9.17) is 23.2 Å². The molecule has 6 atom stereocenters. The third kappa shape index (κ3) is 4.02. The van der Waals surface area contributed by atoms with E-state index in [0.717, 1.165) is 4.90 Å². The van der Waals surface area contributed by atoms with Crippen LogP contribution < -0.4 is 9.80 Å². The Hall–Kier alpha value is -3.81. The lowest BCUT2D eigenvalue weighted by molar-refractivity contribution is -0.125. The summed E-state index contributed by atoms with van der Waals surface area (Å²) < 4.78 is 73.3. The number of aromatic hydroxyl groups is 1. The highest BCUT2D eigenvalue weighted by molar-refractivity contribution is 9.10. The number of halogens is 8. The molecule has 2 aliphatic heterocycles. The number of hydrogen-bond donors (Lipinski definition) is 1. The highest BCUT2D eigenvalue weighted by Gasteiger charge is 2.77. The Morgan fingerprint density at radius 2 is 1.40 bits per heavy atom. The Kier molecular flexibility index (Phi) is 7.16. The number of benzene rings is 3. The normalized spacial score (nSPS) is 30.0. The maximum absolute atomic E-state index is 15.1. The van der Waals surface area contributed by atoms with E-state index in [0.29, 0.717) is 4.47 Å². The summed E-state index contributed by atoms with van der Waals surface area (Å²) >= 11 is 17.4. The van der Waals surface area contributed by atoms with Crippen LogP contribution in [0.15, 0.2) is 64.7 Å². The highest BCUT2D eigenvalue weighted by Crippen LogP contribution is 2.66. The highest BCUT2D eigenvalue weighted by atomic mass is 79.9. The first-order valence-corrected chi connectivity index (χ1v) is 15.6. The largest absolute Gasteiger partial charge is 0.508 e. The van der Waals surface area contributed by atoms with Crippen LogP contribution in [-0.4, -0.2) is 38.5 Å². The summed E-state index contributed by atoms with van der Waals surface area (Å²) in [5.74, 6) is -21.9. The molecule has 3 aromatic rings. The van der Waals surface area contributed by atoms with Gasteiger partial charge in [-0.15, -0.1) is 23.2 Å². The number of para-hydroxylation sites is 1. The zero-order valence-electron chi connectivity index (χ0n) is 23.4. The molecule has 0 radical (unpaired) electrons. The summed E-state index contributed by atoms with van der Waals surface area (Å²) in [5, 5.41) is 11.0. The molecule has 4 amide bonds. The number of carbonyl (C=O) groups is 4. The third-order valence-electron chi connectivity index (χ3n) is 9.54. The van der Waals surface area contributed by atoms with Gasteiger partial charge < -0.3 is 5.11 Å². The number of fused-ring (bicyclic) bond motifs is 4. The number of nitrogens with zero attached hydrogens (tertiary/aromatic N) is 2. The van der Waals surface area contributed by atoms with Crippen molar-refractivity contribution in [2.75, 3.05) is 9.80 Å². The number of phenols is 1. The van der Waals surface area contributed by atoms with Gasteiger partial charge in [0.25, 0.3) is 11.8 Å². The molecule has 15 heteroatoms. The number of hydrogen-bond acceptors (Lipinski definition) is 5. The Balaban J connectivity index is 1.45. The number of imide groups is 2. The molecule has 3 fully saturated rings. The molecule has 4 aliphatic rings. The van der Waals surface area contributed by atoms with Gasteiger partial charge in [0, 0.05) is 16.0 Å². The van der Waals surface area contributed by atoms with Gasteiger partial charge >= 0.3 is 0 Å². The van der Waals surface area contributed by atoms with Crippen LogP contribution >= 0.6 is 39.1 Å². The van der Waals surface area contributed by atoms with Crippen molar-refractivity contribution in [1.29, 1.82) is 0 Å². The summed E-state index contributed by atoms with van der Waals surface area (Å²) in [7, 11) is 0. The van der Waals surface area contributed by atoms with Crippen LogP contribution in [0.5, 0.6) is 5.75 Å². The molecule has 0 bridgehead atoms. The van der Waals surface area contributed by atoms with Crippen LogP contribution in [-0.2, 0) is 19.2 Å². The second-order valence-electron chi connectivity index (χ2n) is 11.7. The average Bonchev–Trinajstić information content (AvgIpc) is 3.39. The van der Waals surface area contributed by atoms with E-state index in [-0.39, 0.29) is 28.1 Å². The van der Waals surface area contributed by atoms with Gasteiger partial charge in [-0.25, -0.2) is 26.9 Å². The number of rotatable bonds is 3. The fourth-order valence-corrected chi connectivity index (χ4v) is 8.81. The average molecular weight is 756 g/mol. The van der Waals surface area contributed by atoms with Crippen molar-refractivity contribution in [3.8, 4) is 5.75 Å². The van der Waals surface area contributed by atoms with Crippen LogP contribution in [0.2, 0.25) is 0 Å². The smallest absolute Gasteiger partial charge is 0.258 e. The number of allylic oxidation sites excluding steroid dienone is 2. The van der Waals surface area contributed by atoms with E-state index in [9.17, 15) is 37.5 Å². The zero-order valence-corrected chi connectivity index (χ0v) is 26.5. The molecule has 2 aliphatic carbocycles. The summed E-state index contributed by atoms with van der Waals surface area (Å²) in [5.41, 5.74) is -1.46. The predicted octanol–water partition coefficient (Wildman–Crippen LogP) is 6.62. The van der Waals surface area contributed by atoms with Crippen LogP contribution in [0.4, 0.5) is 33.3 Å². The maximum atomic E-state index is 15.1. The van der Waals surface area contributed by atoms with Gasteiger partial charge in [-0.2, -0.15) is 0 Å². The Morgan fingerprint density at radius 1 is 0.787 bits per heavy atom. The van der Waals surface area contributed by atoms with E-state index in [1.54, 1.807) is 36.4 Å². The summed E-state index contributed by atoms with van der Waals surface area (Å²) in [6.07, 6.45) is 0.881. The van der Waals surface area contributed by atoms with Crippen LogP contribution in [0.25, 0.3) is 0 Å². The lowest BCUT2D eigenvalue weighted by Crippen LogP contribution is -2.60. The molecular formula is C32H18BrCl2F5N2O5. The second-order valence-corrected chi connectivity index (χ2v) is 13.9. The fourth-order valence-electron chi connectivity index (χ4n) is 7.50. The second kappa shape index (κ2) is 10.6. The Morgan fingerprint density at radius 3 is 2.04 bits per heavy atom. The van der Waals surface area contributed by atoms with E-state index in [1.165, 1.54) is 18.2 Å². The SMILES string of the molecule is O=C1[C@H]2[C@H](CC=C3[C@H]2C[C@@]2(Cl)C(=O)N(c4c(F)c(F)c(F)c(F)c4F)C(=O)[C@@]2(Cl)[C@H]3c2cc(Br)ccc2O)C(=O)N1c1ccccc1. The van der Waals surface area contributed by atoms with E-state index < -0.39 is 104 Å². The number of carbonyl (C=O) groups excluding carboxylic acids is 4. The molecule has 0 spiro atoms. The first-order chi connectivity index (χ1) is 22.2. The molecule has 7 nitrogen and oxygen atoms in total. The maximum Gasteiger partial charge on any atom is 0.258 e. The molecule has 0 aromatic heterocycles. The van der Waals surface area contributed by atoms with Gasteiger partial charge in [0.2, 0.25) is 17.6 Å². The first kappa shape index (κ1) is 31.8. The lowest BCUT2D eigenvalue weighted by Gasteiger charge is -2.50. The minimum absolute atomic E-state index is 0.0264. The summed E-state index contributed by atoms with van der Waals surface area (Å²) in [6.45, 7) is 0. The summed E-state index contributed by atoms with van der Waals surface area (Å²) in [4.78, 5) is 51.5. The van der Waals surface area contributed by atoms with Crippen molar-refractivity contribution < 1.29 is 46.2 Å². The molecule has 242 valence electrons. The lowest BCUT2D eigenvalue weighted by atomic mass is 9.56. The van der Waals surface area contributed by atoms with Gasteiger partial charge in [-0.1, -0.05) is 45.8 Å². The molecule has 2 saturated heterocycles. The van der Waals surface area contributed by atoms with Gasteiger partial charge in [0.1, 0.15) is 11.4 Å². The topological polar surface area (TPSA) is 95.0 Å². The minimum atomic E-state index is -2.73. The molecule has 1 N–H and O–H groups in total. The van der Waals surface area contributed by atoms with Crippen LogP contribution in [0.3, 0.4) is 0 Å². The van der Waals surface area contributed by atoms with Gasteiger partial charge in [-0.3, -0.25) is 24.1 Å². The van der Waals surface area contributed by atoms with Gasteiger partial charge in [-0.05, 0) is 49.1 Å². The number of anilines is 2. The number of amides is 4. The zero-order chi connectivity index (χ0) is 33.9. The van der Waals surface area contributed by atoms with Crippen LogP contribution in [0, 0.1) is 46.8 Å². The van der Waals surface area contributed by atoms with Crippen LogP contribution in [0.1, 0.15) is 24.3 Å². The van der Waals surface area contributed by atoms with Crippen molar-refractivity contribution in [2.24, 2.45) is 17.8 Å². The van der Waals surface area contributed by atoms with Crippen molar-refractivity contribution >= 4 is 74.1 Å². The molecule has 1 saturated carbocycles. The molecule has 3 aromatic carbocycles. The van der Waals surface area contributed by atoms with Gasteiger partial charge in [0.05, 0.1) is 17.5 Å². The third-order valence-corrected chi connectivity index (χ3v) is 11.4. The van der Waals surface area contributed by atoms with Crippen molar-refractivity contribution in [3.05, 3.63) is 99.3 Å². The molecule has 47 heavy (non-hydrogen) atoms. The molecule has 0 unspecified atom stereocenters. The number of alkyl halides is 2. The van der Waals surface area contributed by atoms with Crippen molar-refractivity contribution in [1.82, 2.24) is 0 Å². The Labute approximate surface area is 280 Å². The quantitative estimate of drug-likeness (QED) is 0.0811. The molecule has 2 heterocycles. The number of phenolic OH excluding ortho intramolecular Hbond substituents is 1. The van der Waals surface area contributed by atoms with E-state index in [1.807, 2.05) is 0 Å². The fraction of sp³-hybridized carbons (Fsp3) is 0.250. The predicted molar refractivity (Wildman–Crippen MR) is 161 cm³/mol. The summed E-state index contributed by atoms with van der Waals surface area (Å²) in [6, 6.07) is 12.1. The first-order valence-electron chi connectivity index (χ1n) is 14.1. The van der Waals surface area contributed by atoms with E-state index in [2.05, 4.69) is 15.9 Å². The molecular weight excluding hydrogens is 738 g/mol. The van der Waals surface area contributed by atoms with Crippen molar-refractivity contribution in [3.63, 3.8) is 0 Å². The standard InChI is InChI=1S/C32H18BrCl2F5N2O5/c33-12-6-9-18(43)16(10-12)20-14-7-8-15-19(28(45)41(27(15)44)13-4-2-1-3-5-13)17(14)11-31(34)29(46)42(30(47)32(20,31)35)26-24(39)22(37)21(36)23(38)25(26)40/h1-7,9-10,15,17,19-20,43H,8,11H2/t15-,17+,19-,20+,31+,32-/m0/s1. The van der Waals surface area contributed by atoms with Gasteiger partial charge in [0.15, 0.2) is 33.0 Å². The van der Waals surface area contributed by atoms with E-state index >= 15 is 8.78 Å². The monoisotopic (exact) mass is 754 g/mol. The minimum Gasteiger partial charge on any atom is -0.508 e. The Bertz CT molecular complexity index is 1970. The molecule has 7 rings (SSSR count).